The molecule has 1 aromatic carbocycles. The second kappa shape index (κ2) is 5.35. The quantitative estimate of drug-likeness (QED) is 0.792. The van der Waals surface area contributed by atoms with E-state index in [4.69, 9.17) is 4.52 Å². The van der Waals surface area contributed by atoms with Crippen LogP contribution in [0.5, 0.6) is 0 Å². The number of rotatable bonds is 4. The lowest BCUT2D eigenvalue weighted by Crippen LogP contribution is -2.32. The minimum absolute atomic E-state index is 0.0348. The summed E-state index contributed by atoms with van der Waals surface area (Å²) in [5.41, 5.74) is 0.912. The first-order valence-electron chi connectivity index (χ1n) is 6.56. The first-order chi connectivity index (χ1) is 10.1. The molecule has 0 atom stereocenters. The van der Waals surface area contributed by atoms with E-state index in [1.54, 1.807) is 6.92 Å². The summed E-state index contributed by atoms with van der Waals surface area (Å²) in [7, 11) is 0. The molecule has 1 aliphatic rings. The Labute approximate surface area is 121 Å². The van der Waals surface area contributed by atoms with Gasteiger partial charge in [0.1, 0.15) is 13.1 Å². The molecule has 3 amide bonds. The lowest BCUT2D eigenvalue weighted by atomic mass is 10.2. The molecule has 0 radical (unpaired) electrons. The van der Waals surface area contributed by atoms with Crippen molar-refractivity contribution < 1.29 is 14.1 Å². The highest BCUT2D eigenvalue weighted by Gasteiger charge is 2.36. The average molecular weight is 286 g/mol. The first kappa shape index (κ1) is 13.3. The van der Waals surface area contributed by atoms with Crippen molar-refractivity contribution in [2.75, 3.05) is 6.54 Å². The topological polar surface area (TPSA) is 79.5 Å². The summed E-state index contributed by atoms with van der Waals surface area (Å²) in [6, 6.07) is 9.06. The van der Waals surface area contributed by atoms with Crippen molar-refractivity contribution in [1.82, 2.24) is 19.9 Å². The van der Waals surface area contributed by atoms with Crippen molar-refractivity contribution in [3.8, 4) is 0 Å². The Morgan fingerprint density at radius 2 is 1.95 bits per heavy atom. The third kappa shape index (κ3) is 2.76. The van der Waals surface area contributed by atoms with Crippen LogP contribution in [0.25, 0.3) is 0 Å². The van der Waals surface area contributed by atoms with Gasteiger partial charge in [0.25, 0.3) is 5.91 Å². The standard InChI is InChI=1S/C14H14N4O3/c1-10-15-12(21-16-10)8-17-9-13(19)18(14(17)20)7-11-5-3-2-4-6-11/h2-6H,7-9H2,1H3. The Balaban J connectivity index is 1.70. The minimum atomic E-state index is -0.334. The Bertz CT molecular complexity index is 668. The normalized spacial score (nSPS) is 15.1. The number of imide groups is 1. The number of carbonyl (C=O) groups excluding carboxylic acids is 2. The Morgan fingerprint density at radius 1 is 1.19 bits per heavy atom. The van der Waals surface area contributed by atoms with Gasteiger partial charge in [0.05, 0.1) is 6.54 Å². The van der Waals surface area contributed by atoms with E-state index in [1.807, 2.05) is 30.3 Å². The van der Waals surface area contributed by atoms with Crippen LogP contribution in [0.2, 0.25) is 0 Å². The highest BCUT2D eigenvalue weighted by atomic mass is 16.5. The van der Waals surface area contributed by atoms with E-state index in [2.05, 4.69) is 10.1 Å². The van der Waals surface area contributed by atoms with Crippen molar-refractivity contribution >= 4 is 11.9 Å². The zero-order chi connectivity index (χ0) is 14.8. The predicted octanol–water partition coefficient (Wildman–Crippen LogP) is 1.34. The van der Waals surface area contributed by atoms with Gasteiger partial charge in [0, 0.05) is 0 Å². The highest BCUT2D eigenvalue weighted by molar-refractivity contribution is 6.01. The maximum absolute atomic E-state index is 12.3. The zero-order valence-corrected chi connectivity index (χ0v) is 11.5. The highest BCUT2D eigenvalue weighted by Crippen LogP contribution is 2.16. The summed E-state index contributed by atoms with van der Waals surface area (Å²) in [4.78, 5) is 30.9. The van der Waals surface area contributed by atoms with Crippen molar-refractivity contribution in [2.24, 2.45) is 0 Å². The van der Waals surface area contributed by atoms with Crippen molar-refractivity contribution in [2.45, 2.75) is 20.0 Å². The molecule has 3 rings (SSSR count). The first-order valence-corrected chi connectivity index (χ1v) is 6.56. The molecule has 108 valence electrons. The van der Waals surface area contributed by atoms with Gasteiger partial charge in [-0.15, -0.1) is 0 Å². The maximum Gasteiger partial charge on any atom is 0.328 e. The monoisotopic (exact) mass is 286 g/mol. The third-order valence-electron chi connectivity index (χ3n) is 3.21. The Hall–Kier alpha value is -2.70. The number of urea groups is 1. The van der Waals surface area contributed by atoms with E-state index in [0.29, 0.717) is 11.7 Å². The summed E-state index contributed by atoms with van der Waals surface area (Å²) >= 11 is 0. The zero-order valence-electron chi connectivity index (χ0n) is 11.5. The number of aryl methyl sites for hydroxylation is 1. The molecule has 2 heterocycles. The van der Waals surface area contributed by atoms with Crippen LogP contribution in [-0.4, -0.2) is 38.4 Å². The van der Waals surface area contributed by atoms with Gasteiger partial charge in [-0.3, -0.25) is 9.69 Å². The van der Waals surface area contributed by atoms with E-state index < -0.39 is 0 Å². The van der Waals surface area contributed by atoms with E-state index >= 15 is 0 Å². The fourth-order valence-electron chi connectivity index (χ4n) is 2.21. The number of benzene rings is 1. The van der Waals surface area contributed by atoms with E-state index in [-0.39, 0.29) is 31.6 Å². The number of nitrogens with zero attached hydrogens (tertiary/aromatic N) is 4. The van der Waals surface area contributed by atoms with Gasteiger partial charge in [-0.2, -0.15) is 4.98 Å². The molecule has 0 unspecified atom stereocenters. The molecule has 1 fully saturated rings. The molecule has 2 aromatic rings. The van der Waals surface area contributed by atoms with E-state index in [0.717, 1.165) is 5.56 Å². The molecule has 0 saturated carbocycles. The van der Waals surface area contributed by atoms with Crippen LogP contribution in [0.15, 0.2) is 34.9 Å². The van der Waals surface area contributed by atoms with Gasteiger partial charge < -0.3 is 9.42 Å². The second-order valence-electron chi connectivity index (χ2n) is 4.84. The maximum atomic E-state index is 12.3. The molecule has 0 bridgehead atoms. The van der Waals surface area contributed by atoms with Gasteiger partial charge >= 0.3 is 6.03 Å². The van der Waals surface area contributed by atoms with Crippen LogP contribution in [0.1, 0.15) is 17.3 Å². The largest absolute Gasteiger partial charge is 0.337 e. The van der Waals surface area contributed by atoms with Gasteiger partial charge in [-0.25, -0.2) is 4.79 Å². The fourth-order valence-corrected chi connectivity index (χ4v) is 2.21. The van der Waals surface area contributed by atoms with Crippen molar-refractivity contribution in [1.29, 1.82) is 0 Å². The van der Waals surface area contributed by atoms with Crippen LogP contribution in [0.4, 0.5) is 4.79 Å². The smallest absolute Gasteiger partial charge is 0.328 e. The number of hydrogen-bond donors (Lipinski definition) is 0. The molecule has 0 spiro atoms. The fraction of sp³-hybridized carbons (Fsp3) is 0.286. The number of aromatic nitrogens is 2. The summed E-state index contributed by atoms with van der Waals surface area (Å²) in [5.74, 6) is 0.611. The molecular formula is C14H14N4O3. The van der Waals surface area contributed by atoms with Gasteiger partial charge in [0.15, 0.2) is 5.82 Å². The number of amides is 3. The van der Waals surface area contributed by atoms with E-state index in [9.17, 15) is 9.59 Å². The van der Waals surface area contributed by atoms with Crippen molar-refractivity contribution in [3.63, 3.8) is 0 Å². The molecule has 7 heteroatoms. The van der Waals surface area contributed by atoms with Crippen LogP contribution in [0.3, 0.4) is 0 Å². The van der Waals surface area contributed by atoms with Gasteiger partial charge in [0.2, 0.25) is 5.89 Å². The summed E-state index contributed by atoms with van der Waals surface area (Å²) in [6.45, 7) is 2.16. The number of hydrogen-bond acceptors (Lipinski definition) is 5. The predicted molar refractivity (Wildman–Crippen MR) is 71.8 cm³/mol. The minimum Gasteiger partial charge on any atom is -0.337 e. The second-order valence-corrected chi connectivity index (χ2v) is 4.84. The third-order valence-corrected chi connectivity index (χ3v) is 3.21. The molecule has 1 aliphatic heterocycles. The molecular weight excluding hydrogens is 272 g/mol. The average Bonchev–Trinajstić information content (AvgIpc) is 2.99. The summed E-state index contributed by atoms with van der Waals surface area (Å²) < 4.78 is 4.98. The van der Waals surface area contributed by atoms with Crippen LogP contribution in [0, 0.1) is 6.92 Å². The SMILES string of the molecule is Cc1noc(CN2CC(=O)N(Cc3ccccc3)C2=O)n1. The Morgan fingerprint density at radius 3 is 2.62 bits per heavy atom. The van der Waals surface area contributed by atoms with Crippen molar-refractivity contribution in [3.05, 3.63) is 47.6 Å². The van der Waals surface area contributed by atoms with Gasteiger partial charge in [-0.05, 0) is 12.5 Å². The lowest BCUT2D eigenvalue weighted by molar-refractivity contribution is -0.125. The Kier molecular flexibility index (Phi) is 3.39. The molecule has 0 aliphatic carbocycles. The molecule has 1 aromatic heterocycles. The molecule has 0 N–H and O–H groups in total. The van der Waals surface area contributed by atoms with Gasteiger partial charge in [-0.1, -0.05) is 35.5 Å². The number of carbonyl (C=O) groups is 2. The van der Waals surface area contributed by atoms with Crippen LogP contribution in [-0.2, 0) is 17.9 Å². The van der Waals surface area contributed by atoms with E-state index in [1.165, 1.54) is 9.80 Å². The molecule has 7 nitrogen and oxygen atoms in total. The van der Waals surface area contributed by atoms with Crippen LogP contribution < -0.4 is 0 Å². The summed E-state index contributed by atoms with van der Waals surface area (Å²) in [5, 5.41) is 3.67. The van der Waals surface area contributed by atoms with Crippen LogP contribution >= 0.6 is 0 Å². The lowest BCUT2D eigenvalue weighted by Gasteiger charge is -2.15. The molecule has 21 heavy (non-hydrogen) atoms. The molecule has 1 saturated heterocycles. The summed E-state index contributed by atoms with van der Waals surface area (Å²) in [6.07, 6.45) is 0.